The summed E-state index contributed by atoms with van der Waals surface area (Å²) < 4.78 is 28.8. The molecule has 3 heterocycles. The van der Waals surface area contributed by atoms with Gasteiger partial charge in [-0.2, -0.15) is 0 Å². The molecule has 3 fully saturated rings. The molecule has 4 rings (SSSR count). The van der Waals surface area contributed by atoms with Gasteiger partial charge in [0, 0.05) is 31.5 Å². The normalized spacial score (nSPS) is 24.9. The van der Waals surface area contributed by atoms with Crippen LogP contribution in [-0.2, 0) is 29.1 Å². The molecule has 12 heteroatoms. The summed E-state index contributed by atoms with van der Waals surface area (Å²) in [4.78, 5) is 41.7. The lowest BCUT2D eigenvalue weighted by Gasteiger charge is -2.43. The minimum absolute atomic E-state index is 0.117. The quantitative estimate of drug-likeness (QED) is 0.575. The Morgan fingerprint density at radius 2 is 1.90 bits per heavy atom. The van der Waals surface area contributed by atoms with Crippen LogP contribution in [0.1, 0.15) is 37.3 Å². The van der Waals surface area contributed by atoms with Crippen LogP contribution in [0.15, 0.2) is 24.5 Å². The Hall–Kier alpha value is -2.57. The average Bonchev–Trinajstić information content (AvgIpc) is 3.59. The lowest BCUT2D eigenvalue weighted by atomic mass is 9.97. The van der Waals surface area contributed by atoms with E-state index in [2.05, 4.69) is 4.98 Å². The largest absolute Gasteiger partial charge is 0.483 e. The summed E-state index contributed by atoms with van der Waals surface area (Å²) >= 11 is 0. The summed E-state index contributed by atoms with van der Waals surface area (Å²) in [6, 6.07) is 3.23. The smallest absolute Gasteiger partial charge is 0.290 e. The van der Waals surface area contributed by atoms with E-state index >= 15 is 0 Å². The van der Waals surface area contributed by atoms with Gasteiger partial charge in [-0.25, -0.2) is 13.6 Å². The van der Waals surface area contributed by atoms with E-state index < -0.39 is 27.4 Å². The highest BCUT2D eigenvalue weighted by Gasteiger charge is 2.48. The molecule has 170 valence electrons. The van der Waals surface area contributed by atoms with Crippen LogP contribution in [0.2, 0.25) is 0 Å². The highest BCUT2D eigenvalue weighted by Crippen LogP contribution is 2.40. The summed E-state index contributed by atoms with van der Waals surface area (Å²) in [6.45, 7) is 0.227. The first-order valence-corrected chi connectivity index (χ1v) is 11.6. The number of carbonyl (C=O) groups is 3. The van der Waals surface area contributed by atoms with Crippen molar-refractivity contribution in [2.75, 3.05) is 19.7 Å². The van der Waals surface area contributed by atoms with E-state index in [1.54, 1.807) is 28.3 Å². The predicted octanol–water partition coefficient (Wildman–Crippen LogP) is -0.507. The Morgan fingerprint density at radius 1 is 1.26 bits per heavy atom. The van der Waals surface area contributed by atoms with Crippen molar-refractivity contribution in [2.24, 2.45) is 5.14 Å². The molecule has 1 saturated carbocycles. The van der Waals surface area contributed by atoms with Gasteiger partial charge < -0.3 is 19.6 Å². The van der Waals surface area contributed by atoms with E-state index in [1.807, 2.05) is 6.07 Å². The second-order valence-electron chi connectivity index (χ2n) is 7.71. The van der Waals surface area contributed by atoms with Crippen molar-refractivity contribution in [1.29, 1.82) is 0 Å². The molecule has 0 radical (unpaired) electrons. The van der Waals surface area contributed by atoms with E-state index in [9.17, 15) is 18.0 Å². The summed E-state index contributed by atoms with van der Waals surface area (Å²) in [5, 5.41) is 11.5. The molecule has 2 saturated heterocycles. The molecular weight excluding hydrogens is 428 g/mol. The zero-order chi connectivity index (χ0) is 22.6. The molecule has 1 aromatic rings. The van der Waals surface area contributed by atoms with E-state index in [0.29, 0.717) is 25.9 Å². The molecule has 2 amide bonds. The van der Waals surface area contributed by atoms with Gasteiger partial charge in [0.15, 0.2) is 6.10 Å². The van der Waals surface area contributed by atoms with Crippen molar-refractivity contribution in [3.8, 4) is 0 Å². The molecule has 11 nitrogen and oxygen atoms in total. The molecule has 0 bridgehead atoms. The number of nitrogens with two attached hydrogens (primary N) is 1. The first-order chi connectivity index (χ1) is 14.8. The molecule has 2 aliphatic heterocycles. The van der Waals surface area contributed by atoms with Gasteiger partial charge in [-0.3, -0.25) is 19.4 Å². The van der Waals surface area contributed by atoms with Gasteiger partial charge in [0.05, 0.1) is 11.3 Å². The number of carbonyl (C=O) groups excluding carboxylic acids is 2. The van der Waals surface area contributed by atoms with Crippen LogP contribution in [-0.4, -0.2) is 83.7 Å². The molecule has 2 atom stereocenters. The molecule has 0 spiro atoms. The number of hydrogen-bond donors (Lipinski definition) is 2. The number of primary sulfonamides is 1. The Bertz CT molecular complexity index is 899. The molecule has 1 aromatic heterocycles. The lowest BCUT2D eigenvalue weighted by Crippen LogP contribution is -2.57. The lowest BCUT2D eigenvalue weighted by molar-refractivity contribution is -0.170. The third-order valence-electron chi connectivity index (χ3n) is 5.69. The van der Waals surface area contributed by atoms with Gasteiger partial charge >= 0.3 is 0 Å². The number of ether oxygens (including phenoxy) is 1. The Kier molecular flexibility index (Phi) is 7.23. The molecular formula is C19H26N4O7S. The summed E-state index contributed by atoms with van der Waals surface area (Å²) in [6.07, 6.45) is 4.93. The average molecular weight is 455 g/mol. The van der Waals surface area contributed by atoms with Crippen LogP contribution in [0.3, 0.4) is 0 Å². The SMILES string of the molecule is NS(=O)(=O)C1CCN(C(=O)[C@H]2OCC(=O)N(C3CC3)[C@@H]2c2cccnc2)CC1.O=CO. The van der Waals surface area contributed by atoms with Crippen LogP contribution < -0.4 is 5.14 Å². The number of likely N-dealkylation sites (tertiary alicyclic amines) is 1. The molecule has 3 aliphatic rings. The number of amides is 2. The van der Waals surface area contributed by atoms with Gasteiger partial charge in [-0.05, 0) is 37.3 Å². The van der Waals surface area contributed by atoms with Gasteiger partial charge in [0.2, 0.25) is 15.9 Å². The predicted molar refractivity (Wildman–Crippen MR) is 108 cm³/mol. The fraction of sp³-hybridized carbons (Fsp3) is 0.579. The van der Waals surface area contributed by atoms with Crippen LogP contribution in [0.25, 0.3) is 0 Å². The number of carboxylic acid groups (broad SMARTS) is 1. The van der Waals surface area contributed by atoms with Crippen molar-refractivity contribution >= 4 is 28.3 Å². The summed E-state index contributed by atoms with van der Waals surface area (Å²) in [5.41, 5.74) is 0.764. The Balaban J connectivity index is 0.000000858. The number of pyridine rings is 1. The van der Waals surface area contributed by atoms with Crippen LogP contribution in [0.5, 0.6) is 0 Å². The number of aromatic nitrogens is 1. The number of nitrogens with zero attached hydrogens (tertiary/aromatic N) is 3. The number of rotatable bonds is 4. The fourth-order valence-corrected chi connectivity index (χ4v) is 4.96. The Morgan fingerprint density at radius 3 is 2.42 bits per heavy atom. The van der Waals surface area contributed by atoms with E-state index in [1.165, 1.54) is 0 Å². The second-order valence-corrected chi connectivity index (χ2v) is 9.56. The van der Waals surface area contributed by atoms with Crippen molar-refractivity contribution in [3.05, 3.63) is 30.1 Å². The second kappa shape index (κ2) is 9.71. The van der Waals surface area contributed by atoms with Gasteiger partial charge in [-0.1, -0.05) is 6.07 Å². The van der Waals surface area contributed by atoms with Crippen LogP contribution in [0, 0.1) is 0 Å². The first-order valence-electron chi connectivity index (χ1n) is 9.98. The zero-order valence-corrected chi connectivity index (χ0v) is 17.7. The van der Waals surface area contributed by atoms with Gasteiger partial charge in [-0.15, -0.1) is 0 Å². The standard InChI is InChI=1S/C18H24N4O5S.CH2O2/c19-28(25,26)14-5-8-21(9-6-14)18(24)17-16(12-2-1-7-20-10-12)22(13-3-4-13)15(23)11-27-17;2-1-3/h1-2,7,10,13-14,16-17H,3-6,8-9,11H2,(H2,19,25,26);1H,(H,2,3)/t16-,17+;/m1./s1. The van der Waals surface area contributed by atoms with Gasteiger partial charge in [0.25, 0.3) is 12.4 Å². The monoisotopic (exact) mass is 454 g/mol. The minimum atomic E-state index is -3.60. The maximum Gasteiger partial charge on any atom is 0.290 e. The van der Waals surface area contributed by atoms with Gasteiger partial charge in [0.1, 0.15) is 6.61 Å². The number of sulfonamides is 1. The van der Waals surface area contributed by atoms with E-state index in [0.717, 1.165) is 18.4 Å². The number of piperidine rings is 1. The molecule has 0 aromatic carbocycles. The minimum Gasteiger partial charge on any atom is -0.483 e. The molecule has 1 aliphatic carbocycles. The molecule has 3 N–H and O–H groups in total. The third-order valence-corrected chi connectivity index (χ3v) is 7.09. The van der Waals surface area contributed by atoms with E-state index in [-0.39, 0.29) is 30.9 Å². The van der Waals surface area contributed by atoms with Crippen molar-refractivity contribution in [3.63, 3.8) is 0 Å². The van der Waals surface area contributed by atoms with E-state index in [4.69, 9.17) is 19.8 Å². The number of hydrogen-bond acceptors (Lipinski definition) is 7. The van der Waals surface area contributed by atoms with Crippen molar-refractivity contribution in [1.82, 2.24) is 14.8 Å². The highest BCUT2D eigenvalue weighted by atomic mass is 32.2. The summed E-state index contributed by atoms with van der Waals surface area (Å²) in [5.74, 6) is -0.340. The Labute approximate surface area is 180 Å². The number of morpholine rings is 1. The fourth-order valence-electron chi connectivity index (χ4n) is 4.09. The zero-order valence-electron chi connectivity index (χ0n) is 16.9. The van der Waals surface area contributed by atoms with Crippen molar-refractivity contribution < 1.29 is 32.6 Å². The van der Waals surface area contributed by atoms with Crippen LogP contribution >= 0.6 is 0 Å². The maximum absolute atomic E-state index is 13.3. The molecule has 0 unspecified atom stereocenters. The topological polar surface area (TPSA) is 160 Å². The molecule has 31 heavy (non-hydrogen) atoms. The van der Waals surface area contributed by atoms with Crippen LogP contribution in [0.4, 0.5) is 0 Å². The summed E-state index contributed by atoms with van der Waals surface area (Å²) in [7, 11) is -3.60. The first kappa shape index (κ1) is 23.1. The third kappa shape index (κ3) is 5.38. The highest BCUT2D eigenvalue weighted by molar-refractivity contribution is 7.89. The maximum atomic E-state index is 13.3. The van der Waals surface area contributed by atoms with Crippen molar-refractivity contribution in [2.45, 2.75) is 49.1 Å².